The van der Waals surface area contributed by atoms with Crippen LogP contribution in [0, 0.1) is 0 Å². The van der Waals surface area contributed by atoms with E-state index < -0.39 is 37.0 Å². The molecule has 1 radical (unpaired) electrons. The van der Waals surface area contributed by atoms with Crippen LogP contribution in [0.4, 0.5) is 26.3 Å². The molecule has 0 aliphatic carbocycles. The molecule has 0 rings (SSSR count). The van der Waals surface area contributed by atoms with Crippen molar-refractivity contribution in [2.24, 2.45) is 0 Å². The summed E-state index contributed by atoms with van der Waals surface area (Å²) in [7, 11) is 0. The first-order valence-electron chi connectivity index (χ1n) is 5.42. The summed E-state index contributed by atoms with van der Waals surface area (Å²) in [6, 6.07) is -0.392. The summed E-state index contributed by atoms with van der Waals surface area (Å²) in [6.07, 6.45) is -12.7. The van der Waals surface area contributed by atoms with Crippen LogP contribution in [0.1, 0.15) is 27.2 Å². The normalized spacial score (nSPS) is 16.4. The van der Waals surface area contributed by atoms with Crippen LogP contribution in [0.15, 0.2) is 0 Å². The third kappa shape index (κ3) is 6.82. The van der Waals surface area contributed by atoms with Crippen molar-refractivity contribution < 1.29 is 48.2 Å². The SMILES string of the molecule is CCN(CC(O)(CC(F)(F)F)C(F)(F)F)C(C)C.[Co]. The van der Waals surface area contributed by atoms with E-state index in [1.165, 1.54) is 6.92 Å². The van der Waals surface area contributed by atoms with E-state index in [9.17, 15) is 31.4 Å². The topological polar surface area (TPSA) is 23.5 Å². The van der Waals surface area contributed by atoms with Gasteiger partial charge >= 0.3 is 12.4 Å². The zero-order chi connectivity index (χ0) is 14.8. The molecule has 0 aliphatic rings. The Kier molecular flexibility index (Phi) is 8.01. The monoisotopic (exact) mass is 340 g/mol. The largest absolute Gasteiger partial charge is 0.418 e. The average molecular weight is 340 g/mol. The van der Waals surface area contributed by atoms with Crippen LogP contribution in [0.5, 0.6) is 0 Å². The summed E-state index contributed by atoms with van der Waals surface area (Å²) in [5.74, 6) is 0. The first kappa shape index (κ1) is 21.3. The van der Waals surface area contributed by atoms with Crippen LogP contribution < -0.4 is 0 Å². The summed E-state index contributed by atoms with van der Waals surface area (Å²) >= 11 is 0. The fraction of sp³-hybridized carbons (Fsp3) is 1.00. The van der Waals surface area contributed by atoms with Gasteiger partial charge in [-0.1, -0.05) is 6.92 Å². The van der Waals surface area contributed by atoms with Crippen molar-refractivity contribution in [1.29, 1.82) is 0 Å². The van der Waals surface area contributed by atoms with Gasteiger partial charge in [-0.25, -0.2) is 0 Å². The van der Waals surface area contributed by atoms with Gasteiger partial charge < -0.3 is 5.11 Å². The van der Waals surface area contributed by atoms with Gasteiger partial charge in [0.05, 0.1) is 6.42 Å². The number of likely N-dealkylation sites (N-methyl/N-ethyl adjacent to an activating group) is 1. The summed E-state index contributed by atoms with van der Waals surface area (Å²) in [4.78, 5) is 1.14. The molecule has 0 spiro atoms. The molecule has 0 saturated heterocycles. The molecule has 0 heterocycles. The van der Waals surface area contributed by atoms with Gasteiger partial charge in [-0.2, -0.15) is 26.3 Å². The molecule has 1 unspecified atom stereocenters. The van der Waals surface area contributed by atoms with Crippen LogP contribution in [-0.4, -0.2) is 47.1 Å². The van der Waals surface area contributed by atoms with Gasteiger partial charge in [-0.05, 0) is 20.4 Å². The van der Waals surface area contributed by atoms with Crippen LogP contribution in [-0.2, 0) is 16.8 Å². The van der Waals surface area contributed by atoms with E-state index in [1.54, 1.807) is 13.8 Å². The molecular formula is C10H17CoF6NO. The van der Waals surface area contributed by atoms with Crippen LogP contribution >= 0.6 is 0 Å². The first-order valence-corrected chi connectivity index (χ1v) is 5.42. The number of rotatable bonds is 5. The molecule has 2 nitrogen and oxygen atoms in total. The molecule has 1 N–H and O–H groups in total. The van der Waals surface area contributed by atoms with Gasteiger partial charge in [0.25, 0.3) is 0 Å². The minimum absolute atomic E-state index is 0. The Bertz CT molecular complexity index is 268. The fourth-order valence-corrected chi connectivity index (χ4v) is 1.57. The van der Waals surface area contributed by atoms with Crippen molar-refractivity contribution in [2.75, 3.05) is 13.1 Å². The first-order chi connectivity index (χ1) is 7.82. The Morgan fingerprint density at radius 3 is 1.68 bits per heavy atom. The maximum absolute atomic E-state index is 12.6. The Labute approximate surface area is 118 Å². The number of hydrogen-bond donors (Lipinski definition) is 1. The van der Waals surface area contributed by atoms with E-state index in [1.807, 2.05) is 0 Å². The molecule has 0 saturated carbocycles. The Balaban J connectivity index is 0. The maximum atomic E-state index is 12.6. The zero-order valence-electron chi connectivity index (χ0n) is 10.7. The number of nitrogens with zero attached hydrogens (tertiary/aromatic N) is 1. The van der Waals surface area contributed by atoms with Crippen molar-refractivity contribution in [1.82, 2.24) is 4.90 Å². The second-order valence-electron chi connectivity index (χ2n) is 4.48. The molecule has 1 atom stereocenters. The maximum Gasteiger partial charge on any atom is 0.418 e. The number of hydrogen-bond acceptors (Lipinski definition) is 2. The van der Waals surface area contributed by atoms with E-state index in [2.05, 4.69) is 0 Å². The molecule has 0 amide bonds. The quantitative estimate of drug-likeness (QED) is 0.778. The molecule has 0 bridgehead atoms. The van der Waals surface area contributed by atoms with Crippen molar-refractivity contribution in [3.05, 3.63) is 0 Å². The predicted molar refractivity (Wildman–Crippen MR) is 54.1 cm³/mol. The minimum Gasteiger partial charge on any atom is -0.379 e. The predicted octanol–water partition coefficient (Wildman–Crippen LogP) is 2.96. The van der Waals surface area contributed by atoms with Crippen molar-refractivity contribution >= 4 is 0 Å². The van der Waals surface area contributed by atoms with Crippen molar-refractivity contribution in [3.8, 4) is 0 Å². The van der Waals surface area contributed by atoms with Crippen molar-refractivity contribution in [2.45, 2.75) is 51.2 Å². The summed E-state index contributed by atoms with van der Waals surface area (Å²) in [6.45, 7) is 3.64. The second kappa shape index (κ2) is 7.14. The van der Waals surface area contributed by atoms with E-state index in [0.29, 0.717) is 0 Å². The van der Waals surface area contributed by atoms with Gasteiger partial charge in [0, 0.05) is 29.4 Å². The molecule has 0 aliphatic heterocycles. The van der Waals surface area contributed by atoms with Crippen LogP contribution in [0.3, 0.4) is 0 Å². The Hall–Kier alpha value is 0.00649. The van der Waals surface area contributed by atoms with E-state index >= 15 is 0 Å². The summed E-state index contributed by atoms with van der Waals surface area (Å²) in [5, 5.41) is 9.35. The van der Waals surface area contributed by atoms with Crippen LogP contribution in [0.2, 0.25) is 0 Å². The molecule has 0 aromatic heterocycles. The third-order valence-corrected chi connectivity index (χ3v) is 2.62. The van der Waals surface area contributed by atoms with E-state index in [4.69, 9.17) is 0 Å². The third-order valence-electron chi connectivity index (χ3n) is 2.62. The van der Waals surface area contributed by atoms with Gasteiger partial charge in [-0.15, -0.1) is 0 Å². The molecule has 9 heteroatoms. The molecule has 19 heavy (non-hydrogen) atoms. The number of aliphatic hydroxyl groups is 1. The molecule has 119 valence electrons. The molecule has 0 aromatic carbocycles. The Morgan fingerprint density at radius 2 is 1.47 bits per heavy atom. The molecule has 0 fully saturated rings. The van der Waals surface area contributed by atoms with Gasteiger partial charge in [-0.3, -0.25) is 4.90 Å². The molecule has 0 aromatic rings. The second-order valence-corrected chi connectivity index (χ2v) is 4.48. The minimum atomic E-state index is -5.33. The van der Waals surface area contributed by atoms with Gasteiger partial charge in [0.15, 0.2) is 5.60 Å². The van der Waals surface area contributed by atoms with E-state index in [-0.39, 0.29) is 23.3 Å². The van der Waals surface area contributed by atoms with Gasteiger partial charge in [0.1, 0.15) is 0 Å². The van der Waals surface area contributed by atoms with Crippen molar-refractivity contribution in [3.63, 3.8) is 0 Å². The fourth-order valence-electron chi connectivity index (χ4n) is 1.57. The average Bonchev–Trinajstić information content (AvgIpc) is 2.08. The summed E-state index contributed by atoms with van der Waals surface area (Å²) < 4.78 is 74.3. The van der Waals surface area contributed by atoms with Gasteiger partial charge in [0.2, 0.25) is 0 Å². The molecular weight excluding hydrogens is 323 g/mol. The zero-order valence-corrected chi connectivity index (χ0v) is 11.7. The van der Waals surface area contributed by atoms with E-state index in [0.717, 1.165) is 4.90 Å². The standard InChI is InChI=1S/C10H17F6NO.Co/c1-4-17(7(2)3)6-8(18,10(14,15)16)5-9(11,12)13;/h7,18H,4-6H2,1-3H3;. The van der Waals surface area contributed by atoms with Crippen LogP contribution in [0.25, 0.3) is 0 Å². The Morgan fingerprint density at radius 1 is 1.05 bits per heavy atom. The smallest absolute Gasteiger partial charge is 0.379 e. The number of halogens is 6. The summed E-state index contributed by atoms with van der Waals surface area (Å²) in [5.41, 5.74) is -3.77. The number of alkyl halides is 6.